The van der Waals surface area contributed by atoms with Gasteiger partial charge in [-0.05, 0) is 98.7 Å². The molecule has 1 fully saturated rings. The Morgan fingerprint density at radius 2 is 1.08 bits per heavy atom. The SMILES string of the molecule is CCCC[C@H](NC(=O)[C@H](CO)NC(=O)[C@H](Cc1ccc(O)cc1)NC(=O)[C@H](CO)NC(C)=O)C(=O)NCC(=O)N[C@@H](Cc1c[nH]cn1)C(=O)N[C@@H](Cc1ccccc1)C(=O)N[C@@H](CCCNC(=N)N)C(=O)N[C@@H](Cc1c[nH]c2ccccc12)C(=O)N[C@@H](CC(=O)O)C(=O)N[C@@H](CCCCN)C(=O)N1CCC[C@H]1C(=O)N[C@H](C(N)=O)C(C)C. The molecule has 1 saturated heterocycles. The van der Waals surface area contributed by atoms with Crippen molar-refractivity contribution in [3.63, 3.8) is 0 Å². The van der Waals surface area contributed by atoms with Crippen LogP contribution in [0.5, 0.6) is 5.75 Å². The van der Waals surface area contributed by atoms with Crippen molar-refractivity contribution >= 4 is 106 Å². The normalized spacial score (nSPS) is 15.2. The number of imidazole rings is 1. The van der Waals surface area contributed by atoms with Gasteiger partial charge in [0.25, 0.3) is 0 Å². The predicted molar refractivity (Wildman–Crippen MR) is 423 cm³/mol. The smallest absolute Gasteiger partial charge is 0.305 e. The predicted octanol–water partition coefficient (Wildman–Crippen LogP) is -4.49. The molecule has 40 nitrogen and oxygen atoms in total. The zero-order valence-corrected chi connectivity index (χ0v) is 65.6. The molecule has 117 heavy (non-hydrogen) atoms. The fraction of sp³-hybridized carbons (Fsp3) is 0.494. The van der Waals surface area contributed by atoms with Crippen molar-refractivity contribution in [3.05, 3.63) is 120 Å². The molecule has 3 aromatic carbocycles. The van der Waals surface area contributed by atoms with Crippen molar-refractivity contribution in [1.29, 1.82) is 5.41 Å². The number of rotatable bonds is 49. The summed E-state index contributed by atoms with van der Waals surface area (Å²) >= 11 is 0. The van der Waals surface area contributed by atoms with Crippen molar-refractivity contribution in [2.75, 3.05) is 39.4 Å². The van der Waals surface area contributed by atoms with E-state index in [2.05, 4.69) is 84.1 Å². The van der Waals surface area contributed by atoms with E-state index in [9.17, 15) is 78.0 Å². The number of para-hydroxylation sites is 1. The van der Waals surface area contributed by atoms with Gasteiger partial charge in [-0.25, -0.2) is 4.98 Å². The average molecular weight is 1630 g/mol. The molecule has 0 bridgehead atoms. The van der Waals surface area contributed by atoms with Crippen molar-refractivity contribution in [2.24, 2.45) is 23.1 Å². The monoisotopic (exact) mass is 1630 g/mol. The number of phenolic OH excluding ortho intramolecular Hbond substituents is 1. The number of benzene rings is 3. The third kappa shape index (κ3) is 30.3. The lowest BCUT2D eigenvalue weighted by Crippen LogP contribution is -2.61. The van der Waals surface area contributed by atoms with E-state index < -0.39 is 199 Å². The number of aliphatic hydroxyl groups is 2. The molecule has 5 aromatic rings. The zero-order chi connectivity index (χ0) is 85.8. The summed E-state index contributed by atoms with van der Waals surface area (Å²) in [7, 11) is 0. The Hall–Kier alpha value is -12.6. The molecule has 1 aliphatic heterocycles. The van der Waals surface area contributed by atoms with Crippen molar-refractivity contribution in [3.8, 4) is 5.75 Å². The molecule has 0 aliphatic carbocycles. The van der Waals surface area contributed by atoms with Crippen molar-refractivity contribution < 1.29 is 92.3 Å². The maximum Gasteiger partial charge on any atom is 0.305 e. The molecule has 6 rings (SSSR count). The number of carboxylic acid groups (broad SMARTS) is 1. The number of nitrogens with one attached hydrogen (secondary N) is 16. The standard InChI is InChI=1S/C77H109N21O19/c1-5-6-19-51(89-74(115)60(40-100)96-69(110)55(32-45-24-26-48(102)27-25-45)93-73(114)59(39-99)87-43(4)101)66(107)85-38-62(103)88-57(34-47-37-82-41-86-47)71(112)92-54(31-44-16-8-7-9-17-44)68(109)90-52(22-14-29-83-77(80)81)67(108)94-56(33-46-36-84-50-20-11-10-18-49(46)50)70(111)95-58(35-63(104)105)72(113)91-53(21-12-13-28-78)76(117)98-30-15-23-61(98)75(116)97-64(42(2)3)65(79)106/h7-11,16-18,20,24-27,36-37,41-42,51-61,64,84,99-100,102H,5-6,12-15,19,21-23,28-35,38-40,78H2,1-4H3,(H2,79,106)(H,82,86)(H,85,107)(H,87,101)(H,88,103)(H,89,115)(H,90,109)(H,91,113)(H,92,112)(H,93,114)(H,94,108)(H,95,111)(H,96,110)(H,97,116)(H,104,105)(H4,80,81,83)/t51-,52-,53-,54-,55-,56-,57-,58-,59-,60-,61-,64-/m0/s1. The highest BCUT2D eigenvalue weighted by molar-refractivity contribution is 6.01. The summed E-state index contributed by atoms with van der Waals surface area (Å²) in [5.74, 6) is -15.6. The number of aliphatic hydroxyl groups excluding tert-OH is 2. The van der Waals surface area contributed by atoms with Crippen LogP contribution in [0.2, 0.25) is 0 Å². The van der Waals surface area contributed by atoms with Gasteiger partial charge >= 0.3 is 5.97 Å². The van der Waals surface area contributed by atoms with Crippen LogP contribution < -0.4 is 86.3 Å². The Labute approximate surface area is 674 Å². The number of guanidine groups is 1. The minimum absolute atomic E-state index is 0.0126. The van der Waals surface area contributed by atoms with Crippen molar-refractivity contribution in [1.82, 2.24) is 89.0 Å². The number of fused-ring (bicyclic) bond motifs is 1. The number of nitrogens with two attached hydrogens (primary N) is 3. The molecule has 0 saturated carbocycles. The largest absolute Gasteiger partial charge is 0.508 e. The first-order chi connectivity index (χ1) is 55.8. The zero-order valence-electron chi connectivity index (χ0n) is 65.6. The van der Waals surface area contributed by atoms with Gasteiger partial charge in [-0.3, -0.25) is 77.3 Å². The van der Waals surface area contributed by atoms with E-state index in [4.69, 9.17) is 22.6 Å². The molecule has 2 aromatic heterocycles. The first kappa shape index (κ1) is 93.3. The van der Waals surface area contributed by atoms with Gasteiger partial charge in [-0.1, -0.05) is 94.3 Å². The lowest BCUT2D eigenvalue weighted by molar-refractivity contribution is -0.144. The fourth-order valence-corrected chi connectivity index (χ4v) is 13.0. The Morgan fingerprint density at radius 1 is 0.564 bits per heavy atom. The van der Waals surface area contributed by atoms with Gasteiger partial charge in [-0.15, -0.1) is 0 Å². The number of carboxylic acids is 1. The van der Waals surface area contributed by atoms with Crippen molar-refractivity contribution in [2.45, 2.75) is 197 Å². The Morgan fingerprint density at radius 3 is 1.64 bits per heavy atom. The highest BCUT2D eigenvalue weighted by Gasteiger charge is 2.42. The number of aromatic nitrogens is 3. The quantitative estimate of drug-likeness (QED) is 0.00991. The molecule has 12 atom stereocenters. The van der Waals surface area contributed by atoms with Crippen LogP contribution in [-0.2, 0) is 97.6 Å². The number of hydrogen-bond donors (Lipinski definition) is 23. The lowest BCUT2D eigenvalue weighted by atomic mass is 10.0. The van der Waals surface area contributed by atoms with Crippen LogP contribution in [0.15, 0.2) is 97.6 Å². The summed E-state index contributed by atoms with van der Waals surface area (Å²) < 4.78 is 0. The van der Waals surface area contributed by atoms with Gasteiger partial charge in [-0.2, -0.15) is 0 Å². The fourth-order valence-electron chi connectivity index (χ4n) is 13.0. The van der Waals surface area contributed by atoms with Gasteiger partial charge in [0.15, 0.2) is 5.96 Å². The summed E-state index contributed by atoms with van der Waals surface area (Å²) in [6, 6.07) is 2.64. The van der Waals surface area contributed by atoms with E-state index in [1.807, 2.05) is 0 Å². The van der Waals surface area contributed by atoms with Crippen LogP contribution in [0.25, 0.3) is 10.9 Å². The maximum atomic E-state index is 15.2. The summed E-state index contributed by atoms with van der Waals surface area (Å²) in [5.41, 5.74) is 19.2. The highest BCUT2D eigenvalue weighted by atomic mass is 16.4. The van der Waals surface area contributed by atoms with E-state index in [0.717, 1.165) is 6.92 Å². The second-order valence-corrected chi connectivity index (χ2v) is 28.7. The Bertz CT molecular complexity index is 4220. The Balaban J connectivity index is 1.24. The minimum Gasteiger partial charge on any atom is -0.508 e. The van der Waals surface area contributed by atoms with Gasteiger partial charge in [0.05, 0.1) is 38.2 Å². The lowest BCUT2D eigenvalue weighted by Gasteiger charge is -2.31. The second-order valence-electron chi connectivity index (χ2n) is 28.7. The number of nitrogens with zero attached hydrogens (tertiary/aromatic N) is 2. The molecule has 14 amide bonds. The number of aromatic hydroxyl groups is 1. The average Bonchev–Trinajstić information content (AvgIpc) is 1.71. The molecule has 40 heteroatoms. The summed E-state index contributed by atoms with van der Waals surface area (Å²) in [4.78, 5) is 220. The van der Waals surface area contributed by atoms with Crippen LogP contribution in [0.3, 0.4) is 0 Å². The van der Waals surface area contributed by atoms with Crippen LogP contribution in [0, 0.1) is 11.3 Å². The summed E-state index contributed by atoms with van der Waals surface area (Å²) in [5, 5.41) is 81.7. The summed E-state index contributed by atoms with van der Waals surface area (Å²) in [6.07, 6.45) is 3.80. The van der Waals surface area contributed by atoms with Gasteiger partial charge in [0.2, 0.25) is 82.7 Å². The summed E-state index contributed by atoms with van der Waals surface area (Å²) in [6.45, 7) is 3.75. The van der Waals surface area contributed by atoms with Gasteiger partial charge in [0, 0.05) is 69.0 Å². The molecule has 0 unspecified atom stereocenters. The number of carbonyl (C=O) groups excluding carboxylic acids is 14. The number of amides is 14. The molecule has 0 radical (unpaired) electrons. The Kier molecular flexibility index (Phi) is 37.7. The maximum absolute atomic E-state index is 15.2. The van der Waals surface area contributed by atoms with E-state index in [1.54, 1.807) is 81.6 Å². The topological polar surface area (TPSA) is 643 Å². The number of phenols is 1. The van der Waals surface area contributed by atoms with Crippen LogP contribution in [0.1, 0.15) is 121 Å². The third-order valence-corrected chi connectivity index (χ3v) is 19.2. The third-order valence-electron chi connectivity index (χ3n) is 19.2. The van der Waals surface area contributed by atoms with Gasteiger partial charge < -0.3 is 122 Å². The molecular formula is C77H109N21O19. The number of aliphatic carboxylic acids is 1. The van der Waals surface area contributed by atoms with Gasteiger partial charge in [0.1, 0.15) is 78.3 Å². The minimum atomic E-state index is -1.93. The van der Waals surface area contributed by atoms with E-state index in [1.165, 1.54) is 41.7 Å². The number of carbonyl (C=O) groups is 15. The highest BCUT2D eigenvalue weighted by Crippen LogP contribution is 2.23. The molecule has 1 aliphatic rings. The molecular weight excluding hydrogens is 1520 g/mol. The van der Waals surface area contributed by atoms with E-state index >= 15 is 14.4 Å². The number of hydrogen-bond acceptors (Lipinski definition) is 21. The number of primary amides is 1. The van der Waals surface area contributed by atoms with Crippen LogP contribution in [-0.4, -0.2) is 247 Å². The molecule has 3 heterocycles. The van der Waals surface area contributed by atoms with E-state index in [0.29, 0.717) is 53.3 Å². The number of H-pyrrole nitrogens is 2. The van der Waals surface area contributed by atoms with E-state index in [-0.39, 0.29) is 95.3 Å². The number of aromatic amines is 2. The van der Waals surface area contributed by atoms with Crippen LogP contribution in [0.4, 0.5) is 0 Å². The number of unbranched alkanes of at least 4 members (excludes halogenated alkanes) is 2. The first-order valence-corrected chi connectivity index (χ1v) is 38.6. The molecule has 26 N–H and O–H groups in total. The molecule has 0 spiro atoms. The second kappa shape index (κ2) is 47.3. The van der Waals surface area contributed by atoms with Crippen LogP contribution >= 0.6 is 0 Å². The first-order valence-electron chi connectivity index (χ1n) is 38.6. The molecule has 636 valence electrons. The number of likely N-dealkylation sites (tertiary alicyclic amines) is 1.